The Morgan fingerprint density at radius 1 is 1.82 bits per heavy atom. The summed E-state index contributed by atoms with van der Waals surface area (Å²) in [5.41, 5.74) is 0.912. The summed E-state index contributed by atoms with van der Waals surface area (Å²) in [4.78, 5) is 4.16. The maximum Gasteiger partial charge on any atom is 0.153 e. The quantitative estimate of drug-likeness (QED) is 0.731. The second kappa shape index (κ2) is 3.94. The predicted molar refractivity (Wildman–Crippen MR) is 46.2 cm³/mol. The maximum atomic E-state index is 10.3. The summed E-state index contributed by atoms with van der Waals surface area (Å²) in [7, 11) is 0. The maximum absolute atomic E-state index is 10.3. The SMILES string of the molecule is Cc1nc(CCS(=O)O)cs1. The molecule has 1 atom stereocenters. The normalized spacial score (nSPS) is 13.3. The van der Waals surface area contributed by atoms with E-state index in [0.717, 1.165) is 10.7 Å². The van der Waals surface area contributed by atoms with E-state index in [1.54, 1.807) is 11.3 Å². The monoisotopic (exact) mass is 191 g/mol. The third-order valence-corrected chi connectivity index (χ3v) is 2.58. The van der Waals surface area contributed by atoms with Crippen LogP contribution in [0, 0.1) is 6.92 Å². The molecule has 0 spiro atoms. The van der Waals surface area contributed by atoms with Crippen LogP contribution >= 0.6 is 11.3 Å². The van der Waals surface area contributed by atoms with Gasteiger partial charge in [-0.15, -0.1) is 11.3 Å². The van der Waals surface area contributed by atoms with Crippen LogP contribution in [0.5, 0.6) is 0 Å². The van der Waals surface area contributed by atoms with Gasteiger partial charge in [0.05, 0.1) is 16.5 Å². The minimum absolute atomic E-state index is 0.281. The predicted octanol–water partition coefficient (Wildman–Crippen LogP) is 1.22. The van der Waals surface area contributed by atoms with Gasteiger partial charge in [0.1, 0.15) is 0 Å². The van der Waals surface area contributed by atoms with E-state index in [2.05, 4.69) is 4.98 Å². The van der Waals surface area contributed by atoms with Gasteiger partial charge in [0.15, 0.2) is 11.1 Å². The number of hydrogen-bond acceptors (Lipinski definition) is 3. The van der Waals surface area contributed by atoms with E-state index < -0.39 is 11.1 Å². The van der Waals surface area contributed by atoms with E-state index in [1.807, 2.05) is 12.3 Å². The highest BCUT2D eigenvalue weighted by Gasteiger charge is 1.99. The van der Waals surface area contributed by atoms with Crippen LogP contribution < -0.4 is 0 Å². The molecule has 0 aliphatic rings. The molecule has 0 amide bonds. The first-order valence-electron chi connectivity index (χ1n) is 3.17. The van der Waals surface area contributed by atoms with Crippen LogP contribution in [-0.4, -0.2) is 19.5 Å². The van der Waals surface area contributed by atoms with Gasteiger partial charge >= 0.3 is 0 Å². The molecule has 1 aromatic rings. The minimum atomic E-state index is -1.69. The van der Waals surface area contributed by atoms with Crippen molar-refractivity contribution in [2.75, 3.05) is 5.75 Å². The van der Waals surface area contributed by atoms with E-state index in [4.69, 9.17) is 4.55 Å². The Hall–Kier alpha value is -0.260. The van der Waals surface area contributed by atoms with Crippen LogP contribution in [0.4, 0.5) is 0 Å². The van der Waals surface area contributed by atoms with E-state index in [-0.39, 0.29) is 5.75 Å². The van der Waals surface area contributed by atoms with Crippen molar-refractivity contribution in [2.24, 2.45) is 0 Å². The highest BCUT2D eigenvalue weighted by Crippen LogP contribution is 2.08. The summed E-state index contributed by atoms with van der Waals surface area (Å²) in [6, 6.07) is 0. The van der Waals surface area contributed by atoms with Gasteiger partial charge in [-0.25, -0.2) is 9.19 Å². The zero-order chi connectivity index (χ0) is 8.27. The van der Waals surface area contributed by atoms with Crippen molar-refractivity contribution >= 4 is 22.4 Å². The fourth-order valence-electron chi connectivity index (χ4n) is 0.715. The van der Waals surface area contributed by atoms with Crippen molar-refractivity contribution < 1.29 is 8.76 Å². The summed E-state index contributed by atoms with van der Waals surface area (Å²) in [6.07, 6.45) is 0.591. The standard InChI is InChI=1S/C6H9NO2S2/c1-5-7-6(4-10-5)2-3-11(8)9/h4H,2-3H2,1H3,(H,8,9). The molecule has 1 aromatic heterocycles. The van der Waals surface area contributed by atoms with Crippen LogP contribution in [0.1, 0.15) is 10.7 Å². The molecule has 62 valence electrons. The van der Waals surface area contributed by atoms with Crippen LogP contribution in [-0.2, 0) is 17.5 Å². The van der Waals surface area contributed by atoms with Crippen LogP contribution in [0.3, 0.4) is 0 Å². The number of rotatable bonds is 3. The lowest BCUT2D eigenvalue weighted by Crippen LogP contribution is -1.99. The highest BCUT2D eigenvalue weighted by atomic mass is 32.2. The smallest absolute Gasteiger partial charge is 0.153 e. The van der Waals surface area contributed by atoms with Gasteiger partial charge < -0.3 is 4.55 Å². The van der Waals surface area contributed by atoms with E-state index in [1.165, 1.54) is 0 Å². The largest absolute Gasteiger partial charge is 0.306 e. The van der Waals surface area contributed by atoms with Crippen molar-refractivity contribution in [1.29, 1.82) is 0 Å². The van der Waals surface area contributed by atoms with Crippen molar-refractivity contribution in [1.82, 2.24) is 4.98 Å². The highest BCUT2D eigenvalue weighted by molar-refractivity contribution is 7.79. The summed E-state index contributed by atoms with van der Waals surface area (Å²) in [5.74, 6) is 0.281. The summed E-state index contributed by atoms with van der Waals surface area (Å²) >= 11 is -0.128. The summed E-state index contributed by atoms with van der Waals surface area (Å²) in [5, 5.41) is 2.92. The number of thiazole rings is 1. The van der Waals surface area contributed by atoms with Gasteiger partial charge in [0, 0.05) is 11.8 Å². The molecule has 0 aromatic carbocycles. The Labute approximate surface area is 71.8 Å². The van der Waals surface area contributed by atoms with Crippen molar-refractivity contribution in [3.05, 3.63) is 16.1 Å². The molecule has 0 saturated heterocycles. The molecule has 3 nitrogen and oxygen atoms in total. The van der Waals surface area contributed by atoms with E-state index in [9.17, 15) is 4.21 Å². The van der Waals surface area contributed by atoms with Gasteiger partial charge in [-0.3, -0.25) is 0 Å². The first-order valence-corrected chi connectivity index (χ1v) is 5.32. The first-order chi connectivity index (χ1) is 5.18. The van der Waals surface area contributed by atoms with Gasteiger partial charge in [-0.05, 0) is 6.92 Å². The number of aryl methyl sites for hydroxylation is 2. The molecule has 0 fully saturated rings. The topological polar surface area (TPSA) is 50.2 Å². The zero-order valence-corrected chi connectivity index (χ0v) is 7.74. The fraction of sp³-hybridized carbons (Fsp3) is 0.500. The van der Waals surface area contributed by atoms with Gasteiger partial charge in [0.25, 0.3) is 0 Å². The van der Waals surface area contributed by atoms with Crippen LogP contribution in [0.15, 0.2) is 5.38 Å². The molecule has 1 N–H and O–H groups in total. The number of nitrogens with zero attached hydrogens (tertiary/aromatic N) is 1. The van der Waals surface area contributed by atoms with Crippen molar-refractivity contribution in [3.8, 4) is 0 Å². The summed E-state index contributed by atoms with van der Waals surface area (Å²) < 4.78 is 18.7. The first kappa shape index (κ1) is 8.83. The molecule has 0 aliphatic heterocycles. The number of aromatic nitrogens is 1. The Kier molecular flexibility index (Phi) is 3.16. The molecular formula is C6H9NO2S2. The second-order valence-electron chi connectivity index (χ2n) is 2.13. The molecular weight excluding hydrogens is 182 g/mol. The fourth-order valence-corrected chi connectivity index (χ4v) is 1.75. The molecule has 0 saturated carbocycles. The Morgan fingerprint density at radius 2 is 2.55 bits per heavy atom. The minimum Gasteiger partial charge on any atom is -0.306 e. The molecule has 11 heavy (non-hydrogen) atoms. The van der Waals surface area contributed by atoms with Crippen molar-refractivity contribution in [3.63, 3.8) is 0 Å². The Balaban J connectivity index is 2.45. The van der Waals surface area contributed by atoms with Gasteiger partial charge in [-0.1, -0.05) is 0 Å². The molecule has 0 radical (unpaired) electrons. The molecule has 1 heterocycles. The average Bonchev–Trinajstić information content (AvgIpc) is 2.31. The van der Waals surface area contributed by atoms with E-state index >= 15 is 0 Å². The van der Waals surface area contributed by atoms with Gasteiger partial charge in [0.2, 0.25) is 0 Å². The van der Waals surface area contributed by atoms with Crippen molar-refractivity contribution in [2.45, 2.75) is 13.3 Å². The molecule has 0 aliphatic carbocycles. The lowest BCUT2D eigenvalue weighted by atomic mass is 10.4. The molecule has 0 bridgehead atoms. The zero-order valence-electron chi connectivity index (χ0n) is 6.11. The Bertz CT molecular complexity index is 259. The molecule has 1 rings (SSSR count). The third kappa shape index (κ3) is 3.09. The Morgan fingerprint density at radius 3 is 3.00 bits per heavy atom. The lowest BCUT2D eigenvalue weighted by Gasteiger charge is -1.90. The van der Waals surface area contributed by atoms with Crippen LogP contribution in [0.25, 0.3) is 0 Å². The molecule has 1 unspecified atom stereocenters. The average molecular weight is 191 g/mol. The van der Waals surface area contributed by atoms with Crippen LogP contribution in [0.2, 0.25) is 0 Å². The third-order valence-electron chi connectivity index (χ3n) is 1.20. The van der Waals surface area contributed by atoms with E-state index in [0.29, 0.717) is 6.42 Å². The number of hydrogen-bond donors (Lipinski definition) is 1. The molecule has 5 heteroatoms. The lowest BCUT2D eigenvalue weighted by molar-refractivity contribution is 0.563. The second-order valence-corrected chi connectivity index (χ2v) is 4.25. The summed E-state index contributed by atoms with van der Waals surface area (Å²) in [6.45, 7) is 1.92. The van der Waals surface area contributed by atoms with Gasteiger partial charge in [-0.2, -0.15) is 0 Å².